The van der Waals surface area contributed by atoms with Crippen LogP contribution < -0.4 is 0 Å². The molecule has 2 aliphatic heterocycles. The first-order valence-corrected chi connectivity index (χ1v) is 11.4. The van der Waals surface area contributed by atoms with Crippen molar-refractivity contribution >= 4 is 15.9 Å². The van der Waals surface area contributed by atoms with Crippen molar-refractivity contribution in [2.75, 3.05) is 13.1 Å². The molecule has 29 heavy (non-hydrogen) atoms. The smallest absolute Gasteiger partial charge is 0.0601 e. The third-order valence-electron chi connectivity index (χ3n) is 6.53. The normalized spacial score (nSPS) is 18.3. The lowest BCUT2D eigenvalue weighted by molar-refractivity contribution is 0.0912. The van der Waals surface area contributed by atoms with Crippen LogP contribution in [0.3, 0.4) is 0 Å². The van der Waals surface area contributed by atoms with E-state index < -0.39 is 0 Å². The average Bonchev–Trinajstić information content (AvgIpc) is 3.19. The number of rotatable bonds is 4. The van der Waals surface area contributed by atoms with Crippen LogP contribution in [-0.4, -0.2) is 28.9 Å². The summed E-state index contributed by atoms with van der Waals surface area (Å²) >= 11 is 3.62. The van der Waals surface area contributed by atoms with Gasteiger partial charge in [0.2, 0.25) is 0 Å². The van der Waals surface area contributed by atoms with Crippen molar-refractivity contribution in [3.8, 4) is 0 Å². The molecule has 3 aromatic rings. The van der Waals surface area contributed by atoms with Crippen LogP contribution in [-0.2, 0) is 13.1 Å². The summed E-state index contributed by atoms with van der Waals surface area (Å²) in [5, 5.41) is 0. The molecule has 2 heterocycles. The van der Waals surface area contributed by atoms with Gasteiger partial charge in [-0.05, 0) is 47.2 Å². The molecule has 0 radical (unpaired) electrons. The molecule has 0 unspecified atom stereocenters. The predicted octanol–water partition coefficient (Wildman–Crippen LogP) is 6.02. The SMILES string of the molecule is Brc1ccc2c(c1)CN(C1CCN(C(c3ccccc3)c3ccccc3)CC1)C2. The summed E-state index contributed by atoms with van der Waals surface area (Å²) in [6, 6.07) is 29.8. The van der Waals surface area contributed by atoms with E-state index in [4.69, 9.17) is 0 Å². The molecule has 0 amide bonds. The number of hydrogen-bond acceptors (Lipinski definition) is 2. The first-order chi connectivity index (χ1) is 14.3. The van der Waals surface area contributed by atoms with Crippen LogP contribution in [0.15, 0.2) is 83.3 Å². The number of piperidine rings is 1. The Hall–Kier alpha value is -1.94. The average molecular weight is 447 g/mol. The summed E-state index contributed by atoms with van der Waals surface area (Å²) in [7, 11) is 0. The van der Waals surface area contributed by atoms with Gasteiger partial charge in [-0.2, -0.15) is 0 Å². The molecule has 0 bridgehead atoms. The van der Waals surface area contributed by atoms with Crippen LogP contribution in [0.1, 0.15) is 41.1 Å². The summed E-state index contributed by atoms with van der Waals surface area (Å²) in [4.78, 5) is 5.37. The molecule has 0 spiro atoms. The summed E-state index contributed by atoms with van der Waals surface area (Å²) in [6.45, 7) is 4.50. The van der Waals surface area contributed by atoms with Crippen molar-refractivity contribution in [1.82, 2.24) is 9.80 Å². The number of benzene rings is 3. The van der Waals surface area contributed by atoms with E-state index in [0.29, 0.717) is 12.1 Å². The van der Waals surface area contributed by atoms with E-state index in [9.17, 15) is 0 Å². The zero-order valence-corrected chi connectivity index (χ0v) is 18.3. The Labute approximate surface area is 182 Å². The van der Waals surface area contributed by atoms with Crippen LogP contribution in [0, 0.1) is 0 Å². The van der Waals surface area contributed by atoms with E-state index in [1.54, 1.807) is 0 Å². The molecule has 3 heteroatoms. The van der Waals surface area contributed by atoms with Gasteiger partial charge in [-0.1, -0.05) is 82.7 Å². The first-order valence-electron chi connectivity index (χ1n) is 10.6. The maximum Gasteiger partial charge on any atom is 0.0601 e. The molecule has 0 atom stereocenters. The molecular weight excluding hydrogens is 420 g/mol. The summed E-state index contributed by atoms with van der Waals surface area (Å²) in [5.41, 5.74) is 5.79. The lowest BCUT2D eigenvalue weighted by Crippen LogP contribution is -2.44. The predicted molar refractivity (Wildman–Crippen MR) is 123 cm³/mol. The van der Waals surface area contributed by atoms with Gasteiger partial charge in [-0.25, -0.2) is 0 Å². The zero-order valence-electron chi connectivity index (χ0n) is 16.7. The van der Waals surface area contributed by atoms with E-state index in [2.05, 4.69) is 105 Å². The molecule has 148 valence electrons. The molecule has 5 rings (SSSR count). The number of nitrogens with zero attached hydrogens (tertiary/aromatic N) is 2. The Balaban J connectivity index is 1.30. The minimum Gasteiger partial charge on any atom is -0.292 e. The van der Waals surface area contributed by atoms with Crippen molar-refractivity contribution in [1.29, 1.82) is 0 Å². The first kappa shape index (κ1) is 19.0. The molecule has 0 aliphatic carbocycles. The highest BCUT2D eigenvalue weighted by Crippen LogP contribution is 2.34. The number of halogens is 1. The highest BCUT2D eigenvalue weighted by molar-refractivity contribution is 9.10. The van der Waals surface area contributed by atoms with Gasteiger partial charge in [0, 0.05) is 36.7 Å². The number of hydrogen-bond donors (Lipinski definition) is 0. The van der Waals surface area contributed by atoms with Gasteiger partial charge >= 0.3 is 0 Å². The minimum atomic E-state index is 0.352. The molecular formula is C26H27BrN2. The molecule has 2 aliphatic rings. The number of fused-ring (bicyclic) bond motifs is 1. The van der Waals surface area contributed by atoms with Gasteiger partial charge in [0.1, 0.15) is 0 Å². The van der Waals surface area contributed by atoms with Gasteiger partial charge < -0.3 is 0 Å². The fraction of sp³-hybridized carbons (Fsp3) is 0.308. The van der Waals surface area contributed by atoms with E-state index in [-0.39, 0.29) is 0 Å². The standard InChI is InChI=1S/C26H27BrN2/c27-24-12-11-22-18-29(19-23(22)17-24)25-13-15-28(16-14-25)26(20-7-3-1-4-8-20)21-9-5-2-6-10-21/h1-12,17,25-26H,13-16,18-19H2. The van der Waals surface area contributed by atoms with Crippen LogP contribution >= 0.6 is 15.9 Å². The third-order valence-corrected chi connectivity index (χ3v) is 7.02. The van der Waals surface area contributed by atoms with Gasteiger partial charge in [0.15, 0.2) is 0 Å². The van der Waals surface area contributed by atoms with Crippen molar-refractivity contribution < 1.29 is 0 Å². The highest BCUT2D eigenvalue weighted by atomic mass is 79.9. The van der Waals surface area contributed by atoms with E-state index in [0.717, 1.165) is 26.2 Å². The molecule has 1 saturated heterocycles. The van der Waals surface area contributed by atoms with Crippen molar-refractivity contribution in [3.63, 3.8) is 0 Å². The fourth-order valence-electron chi connectivity index (χ4n) is 5.04. The lowest BCUT2D eigenvalue weighted by Gasteiger charge is -2.40. The summed E-state index contributed by atoms with van der Waals surface area (Å²) in [5.74, 6) is 0. The van der Waals surface area contributed by atoms with Gasteiger partial charge in [0.05, 0.1) is 6.04 Å². The maximum atomic E-state index is 3.62. The summed E-state index contributed by atoms with van der Waals surface area (Å²) in [6.07, 6.45) is 2.48. The Bertz CT molecular complexity index is 909. The topological polar surface area (TPSA) is 6.48 Å². The van der Waals surface area contributed by atoms with Gasteiger partial charge in [0.25, 0.3) is 0 Å². The van der Waals surface area contributed by atoms with Crippen LogP contribution in [0.25, 0.3) is 0 Å². The molecule has 0 saturated carbocycles. The minimum absolute atomic E-state index is 0.352. The second kappa shape index (κ2) is 8.43. The second-order valence-electron chi connectivity index (χ2n) is 8.31. The largest absolute Gasteiger partial charge is 0.292 e. The van der Waals surface area contributed by atoms with E-state index in [1.165, 1.54) is 39.6 Å². The molecule has 2 nitrogen and oxygen atoms in total. The molecule has 0 N–H and O–H groups in total. The van der Waals surface area contributed by atoms with Crippen LogP contribution in [0.5, 0.6) is 0 Å². The molecule has 3 aromatic carbocycles. The lowest BCUT2D eigenvalue weighted by atomic mass is 9.93. The van der Waals surface area contributed by atoms with Gasteiger partial charge in [-0.15, -0.1) is 0 Å². The van der Waals surface area contributed by atoms with E-state index >= 15 is 0 Å². The highest BCUT2D eigenvalue weighted by Gasteiger charge is 2.32. The Kier molecular flexibility index (Phi) is 5.54. The van der Waals surface area contributed by atoms with Crippen molar-refractivity contribution in [3.05, 3.63) is 106 Å². The second-order valence-corrected chi connectivity index (χ2v) is 9.22. The Morgan fingerprint density at radius 1 is 0.724 bits per heavy atom. The van der Waals surface area contributed by atoms with Gasteiger partial charge in [-0.3, -0.25) is 9.80 Å². The third kappa shape index (κ3) is 4.05. The summed E-state index contributed by atoms with van der Waals surface area (Å²) < 4.78 is 1.20. The Morgan fingerprint density at radius 2 is 1.31 bits per heavy atom. The monoisotopic (exact) mass is 446 g/mol. The molecule has 1 fully saturated rings. The van der Waals surface area contributed by atoms with Crippen LogP contribution in [0.4, 0.5) is 0 Å². The van der Waals surface area contributed by atoms with Crippen molar-refractivity contribution in [2.45, 2.75) is 38.0 Å². The van der Waals surface area contributed by atoms with E-state index in [1.807, 2.05) is 0 Å². The van der Waals surface area contributed by atoms with Crippen LogP contribution in [0.2, 0.25) is 0 Å². The molecule has 0 aromatic heterocycles. The quantitative estimate of drug-likeness (QED) is 0.483. The number of likely N-dealkylation sites (tertiary alicyclic amines) is 1. The Morgan fingerprint density at radius 3 is 1.93 bits per heavy atom. The van der Waals surface area contributed by atoms with Crippen molar-refractivity contribution in [2.24, 2.45) is 0 Å². The maximum absolute atomic E-state index is 3.62. The zero-order chi connectivity index (χ0) is 19.6. The fourth-order valence-corrected chi connectivity index (χ4v) is 5.45.